The number of nitrogens with zero attached hydrogens (tertiary/aromatic N) is 2. The zero-order chi connectivity index (χ0) is 9.84. The number of rotatable bonds is 1. The molecular formula is C11H20N2. The van der Waals surface area contributed by atoms with Gasteiger partial charge in [-0.2, -0.15) is 0 Å². The molecule has 1 heterocycles. The van der Waals surface area contributed by atoms with Crippen molar-refractivity contribution < 1.29 is 0 Å². The van der Waals surface area contributed by atoms with Gasteiger partial charge in [0.05, 0.1) is 6.54 Å². The van der Waals surface area contributed by atoms with Crippen LogP contribution in [-0.2, 0) is 0 Å². The fourth-order valence-corrected chi connectivity index (χ4v) is 1.77. The molecule has 2 atom stereocenters. The predicted molar refractivity (Wildman–Crippen MR) is 56.6 cm³/mol. The molecule has 0 aliphatic carbocycles. The van der Waals surface area contributed by atoms with E-state index in [1.165, 1.54) is 0 Å². The van der Waals surface area contributed by atoms with Crippen LogP contribution in [0.5, 0.6) is 0 Å². The molecule has 1 aliphatic heterocycles. The molecule has 0 N–H and O–H groups in total. The second kappa shape index (κ2) is 4.64. The van der Waals surface area contributed by atoms with E-state index in [1.807, 2.05) is 6.92 Å². The third-order valence-corrected chi connectivity index (χ3v) is 2.89. The zero-order valence-corrected chi connectivity index (χ0v) is 9.17. The SMILES string of the molecule is CC#CCN1CC(C)N(C)CC1C. The first-order chi connectivity index (χ1) is 6.15. The van der Waals surface area contributed by atoms with Crippen LogP contribution in [0.2, 0.25) is 0 Å². The zero-order valence-electron chi connectivity index (χ0n) is 9.17. The molecule has 0 radical (unpaired) electrons. The van der Waals surface area contributed by atoms with Gasteiger partial charge in [0.1, 0.15) is 0 Å². The first kappa shape index (κ1) is 10.6. The molecule has 1 rings (SSSR count). The average Bonchev–Trinajstić information content (AvgIpc) is 2.09. The Morgan fingerprint density at radius 2 is 1.92 bits per heavy atom. The maximum atomic E-state index is 3.14. The molecule has 0 bridgehead atoms. The van der Waals surface area contributed by atoms with Crippen molar-refractivity contribution in [2.75, 3.05) is 26.7 Å². The maximum Gasteiger partial charge on any atom is 0.0604 e. The fourth-order valence-electron chi connectivity index (χ4n) is 1.77. The molecule has 0 aromatic rings. The molecule has 2 unspecified atom stereocenters. The van der Waals surface area contributed by atoms with E-state index in [2.05, 4.69) is 42.5 Å². The molecule has 1 saturated heterocycles. The van der Waals surface area contributed by atoms with Gasteiger partial charge in [-0.15, -0.1) is 5.92 Å². The Labute approximate surface area is 81.9 Å². The summed E-state index contributed by atoms with van der Waals surface area (Å²) in [6, 6.07) is 1.30. The predicted octanol–water partition coefficient (Wildman–Crippen LogP) is 1.03. The molecule has 74 valence electrons. The van der Waals surface area contributed by atoms with E-state index < -0.39 is 0 Å². The monoisotopic (exact) mass is 180 g/mol. The standard InChI is InChI=1S/C11H20N2/c1-5-6-7-13-9-10(2)12(4)8-11(13)3/h10-11H,7-9H2,1-4H3. The van der Waals surface area contributed by atoms with Crippen LogP contribution in [0.3, 0.4) is 0 Å². The third kappa shape index (κ3) is 2.72. The lowest BCUT2D eigenvalue weighted by molar-refractivity contribution is 0.0706. The largest absolute Gasteiger partial charge is 0.301 e. The Bertz CT molecular complexity index is 214. The third-order valence-electron chi connectivity index (χ3n) is 2.89. The van der Waals surface area contributed by atoms with Gasteiger partial charge in [-0.1, -0.05) is 5.92 Å². The summed E-state index contributed by atoms with van der Waals surface area (Å²) >= 11 is 0. The molecule has 2 nitrogen and oxygen atoms in total. The summed E-state index contributed by atoms with van der Waals surface area (Å²) in [6.45, 7) is 9.69. The van der Waals surface area contributed by atoms with E-state index in [0.29, 0.717) is 12.1 Å². The summed E-state index contributed by atoms with van der Waals surface area (Å²) in [7, 11) is 2.20. The van der Waals surface area contributed by atoms with E-state index in [1.54, 1.807) is 0 Å². The lowest BCUT2D eigenvalue weighted by atomic mass is 10.1. The Morgan fingerprint density at radius 3 is 2.54 bits per heavy atom. The summed E-state index contributed by atoms with van der Waals surface area (Å²) in [5.41, 5.74) is 0. The quantitative estimate of drug-likeness (QED) is 0.556. The van der Waals surface area contributed by atoms with Crippen LogP contribution >= 0.6 is 0 Å². The van der Waals surface area contributed by atoms with Crippen molar-refractivity contribution in [3.05, 3.63) is 0 Å². The fraction of sp³-hybridized carbons (Fsp3) is 0.818. The highest BCUT2D eigenvalue weighted by Crippen LogP contribution is 2.12. The second-order valence-electron chi connectivity index (χ2n) is 3.99. The minimum absolute atomic E-state index is 0.641. The molecular weight excluding hydrogens is 160 g/mol. The van der Waals surface area contributed by atoms with Crippen molar-refractivity contribution in [2.45, 2.75) is 32.9 Å². The number of hydrogen-bond donors (Lipinski definition) is 0. The molecule has 0 amide bonds. The van der Waals surface area contributed by atoms with Crippen molar-refractivity contribution in [3.8, 4) is 11.8 Å². The van der Waals surface area contributed by atoms with Crippen LogP contribution in [0.15, 0.2) is 0 Å². The van der Waals surface area contributed by atoms with Crippen molar-refractivity contribution >= 4 is 0 Å². The minimum atomic E-state index is 0.641. The van der Waals surface area contributed by atoms with Gasteiger partial charge in [0.2, 0.25) is 0 Å². The summed E-state index contributed by atoms with van der Waals surface area (Å²) in [4.78, 5) is 4.88. The average molecular weight is 180 g/mol. The first-order valence-corrected chi connectivity index (χ1v) is 4.99. The normalized spacial score (nSPS) is 31.1. The number of likely N-dealkylation sites (N-methyl/N-ethyl adjacent to an activating group) is 1. The minimum Gasteiger partial charge on any atom is -0.301 e. The first-order valence-electron chi connectivity index (χ1n) is 4.99. The smallest absolute Gasteiger partial charge is 0.0604 e. The summed E-state index contributed by atoms with van der Waals surface area (Å²) < 4.78 is 0. The van der Waals surface area contributed by atoms with E-state index in [4.69, 9.17) is 0 Å². The molecule has 0 aromatic carbocycles. The Hall–Kier alpha value is -0.520. The van der Waals surface area contributed by atoms with E-state index in [-0.39, 0.29) is 0 Å². The summed E-state index contributed by atoms with van der Waals surface area (Å²) in [5, 5.41) is 0. The van der Waals surface area contributed by atoms with Crippen LogP contribution in [0.1, 0.15) is 20.8 Å². The van der Waals surface area contributed by atoms with Crippen LogP contribution in [0, 0.1) is 11.8 Å². The molecule has 0 aromatic heterocycles. The van der Waals surface area contributed by atoms with Gasteiger partial charge < -0.3 is 4.90 Å². The highest BCUT2D eigenvalue weighted by atomic mass is 15.3. The lowest BCUT2D eigenvalue weighted by Crippen LogP contribution is -2.54. The number of hydrogen-bond acceptors (Lipinski definition) is 2. The summed E-state index contributed by atoms with van der Waals surface area (Å²) in [6.07, 6.45) is 0. The van der Waals surface area contributed by atoms with Crippen molar-refractivity contribution in [1.82, 2.24) is 9.80 Å². The van der Waals surface area contributed by atoms with Crippen LogP contribution in [0.4, 0.5) is 0 Å². The highest BCUT2D eigenvalue weighted by Gasteiger charge is 2.25. The van der Waals surface area contributed by atoms with Crippen LogP contribution in [0.25, 0.3) is 0 Å². The van der Waals surface area contributed by atoms with Crippen LogP contribution in [-0.4, -0.2) is 48.6 Å². The number of piperazine rings is 1. The molecule has 1 fully saturated rings. The van der Waals surface area contributed by atoms with Gasteiger partial charge in [0, 0.05) is 25.2 Å². The topological polar surface area (TPSA) is 6.48 Å². The van der Waals surface area contributed by atoms with Crippen molar-refractivity contribution in [3.63, 3.8) is 0 Å². The van der Waals surface area contributed by atoms with E-state index in [9.17, 15) is 0 Å². The van der Waals surface area contributed by atoms with Gasteiger partial charge in [-0.3, -0.25) is 4.90 Å². The summed E-state index contributed by atoms with van der Waals surface area (Å²) in [5.74, 6) is 6.10. The Balaban J connectivity index is 2.49. The molecule has 0 spiro atoms. The Kier molecular flexibility index (Phi) is 3.77. The van der Waals surface area contributed by atoms with Gasteiger partial charge in [-0.05, 0) is 27.8 Å². The van der Waals surface area contributed by atoms with Gasteiger partial charge in [0.15, 0.2) is 0 Å². The van der Waals surface area contributed by atoms with E-state index >= 15 is 0 Å². The second-order valence-corrected chi connectivity index (χ2v) is 3.99. The molecule has 1 aliphatic rings. The van der Waals surface area contributed by atoms with Gasteiger partial charge in [0.25, 0.3) is 0 Å². The molecule has 13 heavy (non-hydrogen) atoms. The van der Waals surface area contributed by atoms with Crippen molar-refractivity contribution in [2.24, 2.45) is 0 Å². The Morgan fingerprint density at radius 1 is 1.23 bits per heavy atom. The van der Waals surface area contributed by atoms with Gasteiger partial charge >= 0.3 is 0 Å². The van der Waals surface area contributed by atoms with E-state index in [0.717, 1.165) is 19.6 Å². The molecule has 0 saturated carbocycles. The lowest BCUT2D eigenvalue weighted by Gasteiger charge is -2.41. The van der Waals surface area contributed by atoms with Crippen LogP contribution < -0.4 is 0 Å². The van der Waals surface area contributed by atoms with Gasteiger partial charge in [-0.25, -0.2) is 0 Å². The molecule has 2 heteroatoms. The highest BCUT2D eigenvalue weighted by molar-refractivity contribution is 5.00. The van der Waals surface area contributed by atoms with Crippen molar-refractivity contribution in [1.29, 1.82) is 0 Å². The maximum absolute atomic E-state index is 3.14.